The van der Waals surface area contributed by atoms with Crippen LogP contribution in [0.3, 0.4) is 0 Å². The van der Waals surface area contributed by atoms with Crippen molar-refractivity contribution in [3.05, 3.63) is 75.5 Å². The van der Waals surface area contributed by atoms with Crippen LogP contribution in [0.1, 0.15) is 15.9 Å². The maximum atomic E-state index is 12.5. The van der Waals surface area contributed by atoms with Crippen molar-refractivity contribution in [2.24, 2.45) is 0 Å². The number of carbonyl (C=O) groups is 1. The van der Waals surface area contributed by atoms with Crippen LogP contribution >= 0.6 is 22.6 Å². The first-order chi connectivity index (χ1) is 9.25. The molecular weight excluding hydrogens is 349 g/mol. The Bertz CT molecular complexity index is 745. The number of ketones is 1. The molecule has 0 spiro atoms. The van der Waals surface area contributed by atoms with Gasteiger partial charge < -0.3 is 0 Å². The smallest absolute Gasteiger partial charge is 0.193 e. The number of hydrogen-bond donors (Lipinski definition) is 0. The second kappa shape index (κ2) is 5.09. The molecule has 0 atom stereocenters. The predicted octanol–water partition coefficient (Wildman–Crippen LogP) is 4.07. The molecule has 0 radical (unpaired) electrons. The number of carbonyl (C=O) groups excluding carboxylic acids is 1. The molecule has 3 heteroatoms. The molecule has 0 N–H and O–H groups in total. The summed E-state index contributed by atoms with van der Waals surface area (Å²) in [6.45, 7) is 0. The summed E-state index contributed by atoms with van der Waals surface area (Å²) in [5.41, 5.74) is 2.25. The van der Waals surface area contributed by atoms with Gasteiger partial charge in [-0.25, -0.2) is 0 Å². The van der Waals surface area contributed by atoms with E-state index in [-0.39, 0.29) is 5.78 Å². The Balaban J connectivity index is 2.14. The van der Waals surface area contributed by atoms with Gasteiger partial charge in [-0.15, -0.1) is 0 Å². The van der Waals surface area contributed by atoms with E-state index in [4.69, 9.17) is 0 Å². The minimum absolute atomic E-state index is 0.0370. The van der Waals surface area contributed by atoms with Crippen LogP contribution in [-0.2, 0) is 0 Å². The Morgan fingerprint density at radius 1 is 0.947 bits per heavy atom. The molecule has 0 aliphatic heterocycles. The fourth-order valence-electron chi connectivity index (χ4n) is 2.06. The average molecular weight is 359 g/mol. The van der Waals surface area contributed by atoms with Gasteiger partial charge in [0, 0.05) is 26.3 Å². The van der Waals surface area contributed by atoms with Crippen LogP contribution in [0, 0.1) is 3.57 Å². The van der Waals surface area contributed by atoms with Crippen molar-refractivity contribution >= 4 is 39.3 Å². The third-order valence-electron chi connectivity index (χ3n) is 3.00. The number of rotatable bonds is 2. The quantitative estimate of drug-likeness (QED) is 0.510. The van der Waals surface area contributed by atoms with Crippen LogP contribution in [0.4, 0.5) is 0 Å². The molecule has 92 valence electrons. The minimum Gasteiger partial charge on any atom is -0.289 e. The second-order valence-corrected chi connectivity index (χ2v) is 5.46. The number of nitrogens with zero attached hydrogens (tertiary/aromatic N) is 1. The molecule has 3 rings (SSSR count). The molecule has 1 heterocycles. The van der Waals surface area contributed by atoms with Crippen molar-refractivity contribution in [1.82, 2.24) is 4.98 Å². The van der Waals surface area contributed by atoms with Crippen molar-refractivity contribution in [2.75, 3.05) is 0 Å². The Morgan fingerprint density at radius 2 is 1.74 bits per heavy atom. The normalized spacial score (nSPS) is 10.6. The largest absolute Gasteiger partial charge is 0.289 e. The van der Waals surface area contributed by atoms with Gasteiger partial charge >= 0.3 is 0 Å². The van der Waals surface area contributed by atoms with Crippen LogP contribution < -0.4 is 0 Å². The first kappa shape index (κ1) is 12.3. The molecule has 0 amide bonds. The molecule has 0 aliphatic carbocycles. The van der Waals surface area contributed by atoms with E-state index in [9.17, 15) is 4.79 Å². The molecule has 3 aromatic rings. The van der Waals surface area contributed by atoms with Crippen LogP contribution in [0.2, 0.25) is 0 Å². The predicted molar refractivity (Wildman–Crippen MR) is 84.3 cm³/mol. The van der Waals surface area contributed by atoms with Gasteiger partial charge in [-0.05, 0) is 59.0 Å². The average Bonchev–Trinajstić information content (AvgIpc) is 2.47. The van der Waals surface area contributed by atoms with E-state index in [1.165, 1.54) is 0 Å². The molecule has 0 fully saturated rings. The van der Waals surface area contributed by atoms with Crippen LogP contribution in [0.25, 0.3) is 10.9 Å². The number of halogens is 1. The van der Waals surface area contributed by atoms with Crippen LogP contribution in [0.5, 0.6) is 0 Å². The topological polar surface area (TPSA) is 30.0 Å². The monoisotopic (exact) mass is 359 g/mol. The van der Waals surface area contributed by atoms with Gasteiger partial charge in [-0.1, -0.05) is 18.2 Å². The van der Waals surface area contributed by atoms with Gasteiger partial charge in [0.25, 0.3) is 0 Å². The molecule has 0 unspecified atom stereocenters. The van der Waals surface area contributed by atoms with Gasteiger partial charge in [0.2, 0.25) is 0 Å². The lowest BCUT2D eigenvalue weighted by atomic mass is 9.99. The highest BCUT2D eigenvalue weighted by Crippen LogP contribution is 2.20. The number of aromatic nitrogens is 1. The van der Waals surface area contributed by atoms with E-state index in [0.717, 1.165) is 14.5 Å². The minimum atomic E-state index is 0.0370. The number of hydrogen-bond acceptors (Lipinski definition) is 2. The standard InChI is InChI=1S/C16H10INO/c17-12-8-6-11(7-9-12)16(19)14-3-1-5-15-13(14)4-2-10-18-15/h1-10H. The van der Waals surface area contributed by atoms with Crippen LogP contribution in [0.15, 0.2) is 60.8 Å². The van der Waals surface area contributed by atoms with E-state index in [1.807, 2.05) is 54.6 Å². The van der Waals surface area contributed by atoms with Gasteiger partial charge in [0.1, 0.15) is 0 Å². The van der Waals surface area contributed by atoms with Gasteiger partial charge in [-0.3, -0.25) is 9.78 Å². The highest BCUT2D eigenvalue weighted by Gasteiger charge is 2.12. The third kappa shape index (κ3) is 2.38. The van der Waals surface area contributed by atoms with Crippen molar-refractivity contribution in [1.29, 1.82) is 0 Å². The Kier molecular flexibility index (Phi) is 3.29. The summed E-state index contributed by atoms with van der Waals surface area (Å²) in [6.07, 6.45) is 1.74. The fraction of sp³-hybridized carbons (Fsp3) is 0. The summed E-state index contributed by atoms with van der Waals surface area (Å²) in [5, 5.41) is 0.897. The summed E-state index contributed by atoms with van der Waals surface area (Å²) >= 11 is 2.23. The summed E-state index contributed by atoms with van der Waals surface area (Å²) in [4.78, 5) is 16.8. The Hall–Kier alpha value is -1.75. The van der Waals surface area contributed by atoms with Crippen molar-refractivity contribution in [3.63, 3.8) is 0 Å². The van der Waals surface area contributed by atoms with Crippen molar-refractivity contribution in [2.45, 2.75) is 0 Å². The molecule has 2 nitrogen and oxygen atoms in total. The highest BCUT2D eigenvalue weighted by atomic mass is 127. The molecule has 0 saturated carbocycles. The summed E-state index contributed by atoms with van der Waals surface area (Å²) < 4.78 is 1.12. The molecule has 19 heavy (non-hydrogen) atoms. The van der Waals surface area contributed by atoms with Crippen molar-refractivity contribution in [3.8, 4) is 0 Å². The molecule has 0 bridgehead atoms. The zero-order chi connectivity index (χ0) is 13.2. The molecule has 2 aromatic carbocycles. The maximum absolute atomic E-state index is 12.5. The molecule has 1 aromatic heterocycles. The summed E-state index contributed by atoms with van der Waals surface area (Å²) in [6, 6.07) is 17.0. The van der Waals surface area contributed by atoms with E-state index in [2.05, 4.69) is 27.6 Å². The van der Waals surface area contributed by atoms with Crippen molar-refractivity contribution < 1.29 is 4.79 Å². The molecule has 0 aliphatic rings. The third-order valence-corrected chi connectivity index (χ3v) is 3.72. The first-order valence-corrected chi connectivity index (χ1v) is 6.97. The number of benzene rings is 2. The molecule has 0 saturated heterocycles. The summed E-state index contributed by atoms with van der Waals surface area (Å²) in [7, 11) is 0. The molecular formula is C16H10INO. The van der Waals surface area contributed by atoms with Gasteiger partial charge in [-0.2, -0.15) is 0 Å². The fourth-order valence-corrected chi connectivity index (χ4v) is 2.42. The van der Waals surface area contributed by atoms with E-state index < -0.39 is 0 Å². The first-order valence-electron chi connectivity index (χ1n) is 5.90. The number of fused-ring (bicyclic) bond motifs is 1. The Morgan fingerprint density at radius 3 is 2.53 bits per heavy atom. The zero-order valence-corrected chi connectivity index (χ0v) is 12.2. The van der Waals surface area contributed by atoms with Gasteiger partial charge in [0.05, 0.1) is 5.52 Å². The SMILES string of the molecule is O=C(c1ccc(I)cc1)c1cccc2ncccc12. The number of pyridine rings is 1. The lowest BCUT2D eigenvalue weighted by Gasteiger charge is -2.05. The summed E-state index contributed by atoms with van der Waals surface area (Å²) in [5.74, 6) is 0.0370. The second-order valence-electron chi connectivity index (χ2n) is 4.21. The highest BCUT2D eigenvalue weighted by molar-refractivity contribution is 14.1. The van der Waals surface area contributed by atoms with Gasteiger partial charge in [0.15, 0.2) is 5.78 Å². The lowest BCUT2D eigenvalue weighted by molar-refractivity contribution is 0.104. The van der Waals surface area contributed by atoms with E-state index in [1.54, 1.807) is 6.20 Å². The Labute approximate surface area is 124 Å². The lowest BCUT2D eigenvalue weighted by Crippen LogP contribution is -2.02. The van der Waals surface area contributed by atoms with Crippen LogP contribution in [-0.4, -0.2) is 10.8 Å². The zero-order valence-electron chi connectivity index (χ0n) is 10.0. The van der Waals surface area contributed by atoms with E-state index in [0.29, 0.717) is 11.1 Å². The maximum Gasteiger partial charge on any atom is 0.193 e. The van der Waals surface area contributed by atoms with E-state index >= 15 is 0 Å².